The third kappa shape index (κ3) is 2.88. The number of hydrogen-bond acceptors (Lipinski definition) is 5. The summed E-state index contributed by atoms with van der Waals surface area (Å²) < 4.78 is 4.50. The Morgan fingerprint density at radius 1 is 1.50 bits per heavy atom. The molecule has 86 valence electrons. The molecule has 6 nitrogen and oxygen atoms in total. The van der Waals surface area contributed by atoms with Crippen LogP contribution < -0.4 is 11.1 Å². The molecule has 0 spiro atoms. The van der Waals surface area contributed by atoms with Crippen LogP contribution in [0.5, 0.6) is 5.75 Å². The van der Waals surface area contributed by atoms with Gasteiger partial charge < -0.3 is 20.9 Å². The van der Waals surface area contributed by atoms with Crippen LogP contribution in [-0.4, -0.2) is 23.6 Å². The van der Waals surface area contributed by atoms with Gasteiger partial charge in [-0.15, -0.1) is 0 Å². The van der Waals surface area contributed by atoms with Gasteiger partial charge in [0.05, 0.1) is 12.3 Å². The van der Waals surface area contributed by atoms with Crippen molar-refractivity contribution in [2.45, 2.75) is 6.92 Å². The maximum absolute atomic E-state index is 11.2. The Labute approximate surface area is 92.0 Å². The van der Waals surface area contributed by atoms with Gasteiger partial charge in [-0.3, -0.25) is 4.79 Å². The molecule has 0 heterocycles. The summed E-state index contributed by atoms with van der Waals surface area (Å²) in [4.78, 5) is 22.2. The zero-order valence-corrected chi connectivity index (χ0v) is 8.69. The smallest absolute Gasteiger partial charge is 0.397 e. The summed E-state index contributed by atoms with van der Waals surface area (Å²) in [6.07, 6.45) is 0. The average molecular weight is 224 g/mol. The number of phenols is 1. The molecular weight excluding hydrogens is 212 g/mol. The van der Waals surface area contributed by atoms with E-state index in [9.17, 15) is 9.59 Å². The van der Waals surface area contributed by atoms with Crippen molar-refractivity contribution in [2.75, 3.05) is 17.7 Å². The molecule has 1 aromatic carbocycles. The van der Waals surface area contributed by atoms with Crippen LogP contribution in [0.4, 0.5) is 11.4 Å². The quantitative estimate of drug-likeness (QED) is 0.223. The van der Waals surface area contributed by atoms with Gasteiger partial charge in [0.25, 0.3) is 0 Å². The molecule has 0 saturated heterocycles. The van der Waals surface area contributed by atoms with Crippen LogP contribution in [-0.2, 0) is 14.3 Å². The Hall–Kier alpha value is -2.24. The molecule has 1 amide bonds. The molecule has 0 aromatic heterocycles. The van der Waals surface area contributed by atoms with Crippen LogP contribution in [0.1, 0.15) is 6.92 Å². The normalized spacial score (nSPS) is 9.56. The molecule has 0 bridgehead atoms. The van der Waals surface area contributed by atoms with Crippen LogP contribution in [0.2, 0.25) is 0 Å². The highest BCUT2D eigenvalue weighted by Crippen LogP contribution is 2.23. The SMILES string of the molecule is CCOC(=O)C(=O)Nc1ccc(O)c(N)c1. The number of rotatable bonds is 2. The van der Waals surface area contributed by atoms with E-state index in [4.69, 9.17) is 10.8 Å². The standard InChI is InChI=1S/C10H12N2O4/c1-2-16-10(15)9(14)12-6-3-4-8(13)7(11)5-6/h3-5,13H,2,11H2,1H3,(H,12,14). The van der Waals surface area contributed by atoms with Gasteiger partial charge in [-0.25, -0.2) is 4.79 Å². The number of hydrogen-bond donors (Lipinski definition) is 3. The summed E-state index contributed by atoms with van der Waals surface area (Å²) in [6.45, 7) is 1.73. The number of amides is 1. The first-order chi connectivity index (χ1) is 7.54. The lowest BCUT2D eigenvalue weighted by Crippen LogP contribution is -2.24. The van der Waals surface area contributed by atoms with E-state index < -0.39 is 11.9 Å². The molecule has 0 saturated carbocycles. The minimum absolute atomic E-state index is 0.0888. The first kappa shape index (κ1) is 11.8. The number of aromatic hydroxyl groups is 1. The molecule has 1 rings (SSSR count). The van der Waals surface area contributed by atoms with Crippen LogP contribution in [0.25, 0.3) is 0 Å². The van der Waals surface area contributed by atoms with Crippen molar-refractivity contribution in [3.63, 3.8) is 0 Å². The molecule has 0 aliphatic rings. The van der Waals surface area contributed by atoms with E-state index in [1.807, 2.05) is 0 Å². The minimum Gasteiger partial charge on any atom is -0.506 e. The van der Waals surface area contributed by atoms with Crippen LogP contribution in [0, 0.1) is 0 Å². The van der Waals surface area contributed by atoms with Crippen molar-refractivity contribution in [3.05, 3.63) is 18.2 Å². The summed E-state index contributed by atoms with van der Waals surface area (Å²) >= 11 is 0. The van der Waals surface area contributed by atoms with Gasteiger partial charge in [0, 0.05) is 5.69 Å². The number of phenolic OH excluding ortho intramolecular Hbond substituents is 1. The lowest BCUT2D eigenvalue weighted by atomic mass is 10.2. The number of anilines is 2. The van der Waals surface area contributed by atoms with Gasteiger partial charge in [0.1, 0.15) is 5.75 Å². The van der Waals surface area contributed by atoms with Gasteiger partial charge in [-0.2, -0.15) is 0 Å². The van der Waals surface area contributed by atoms with Gasteiger partial charge in [-0.1, -0.05) is 0 Å². The van der Waals surface area contributed by atoms with Crippen molar-refractivity contribution in [2.24, 2.45) is 0 Å². The van der Waals surface area contributed by atoms with E-state index in [0.29, 0.717) is 5.69 Å². The van der Waals surface area contributed by atoms with E-state index in [-0.39, 0.29) is 18.0 Å². The predicted octanol–water partition coefficient (Wildman–Crippen LogP) is 0.476. The largest absolute Gasteiger partial charge is 0.506 e. The molecule has 0 aliphatic heterocycles. The minimum atomic E-state index is -0.964. The van der Waals surface area contributed by atoms with Gasteiger partial charge in [0.15, 0.2) is 0 Å². The summed E-state index contributed by atoms with van der Waals surface area (Å²) in [7, 11) is 0. The Kier molecular flexibility index (Phi) is 3.71. The molecular formula is C10H12N2O4. The molecule has 4 N–H and O–H groups in total. The monoisotopic (exact) mass is 224 g/mol. The highest BCUT2D eigenvalue weighted by Gasteiger charge is 2.14. The second-order valence-corrected chi connectivity index (χ2v) is 2.95. The van der Waals surface area contributed by atoms with E-state index in [0.717, 1.165) is 0 Å². The van der Waals surface area contributed by atoms with E-state index in [1.54, 1.807) is 6.92 Å². The number of benzene rings is 1. The van der Waals surface area contributed by atoms with Crippen LogP contribution in [0.3, 0.4) is 0 Å². The Balaban J connectivity index is 2.70. The zero-order valence-electron chi connectivity index (χ0n) is 8.69. The number of carbonyl (C=O) groups excluding carboxylic acids is 2. The fourth-order valence-electron chi connectivity index (χ4n) is 1.01. The van der Waals surface area contributed by atoms with Crippen LogP contribution in [0.15, 0.2) is 18.2 Å². The molecule has 6 heteroatoms. The van der Waals surface area contributed by atoms with Gasteiger partial charge >= 0.3 is 11.9 Å². The maximum atomic E-state index is 11.2. The fraction of sp³-hybridized carbons (Fsp3) is 0.200. The van der Waals surface area contributed by atoms with Crippen molar-refractivity contribution in [3.8, 4) is 5.75 Å². The maximum Gasteiger partial charge on any atom is 0.397 e. The highest BCUT2D eigenvalue weighted by molar-refractivity contribution is 6.37. The van der Waals surface area contributed by atoms with E-state index in [2.05, 4.69) is 10.1 Å². The Morgan fingerprint density at radius 3 is 2.75 bits per heavy atom. The molecule has 1 aromatic rings. The van der Waals surface area contributed by atoms with Crippen molar-refractivity contribution in [1.29, 1.82) is 0 Å². The van der Waals surface area contributed by atoms with E-state index in [1.165, 1.54) is 18.2 Å². The lowest BCUT2D eigenvalue weighted by Gasteiger charge is -2.06. The number of carbonyl (C=O) groups is 2. The number of nitrogens with one attached hydrogen (secondary N) is 1. The topological polar surface area (TPSA) is 102 Å². The van der Waals surface area contributed by atoms with Crippen LogP contribution >= 0.6 is 0 Å². The first-order valence-electron chi connectivity index (χ1n) is 4.61. The first-order valence-corrected chi connectivity index (χ1v) is 4.61. The van der Waals surface area contributed by atoms with Gasteiger partial charge in [-0.05, 0) is 25.1 Å². The predicted molar refractivity (Wildman–Crippen MR) is 57.8 cm³/mol. The molecule has 0 aliphatic carbocycles. The summed E-state index contributed by atoms with van der Waals surface area (Å²) in [5.74, 6) is -1.93. The molecule has 0 fully saturated rings. The highest BCUT2D eigenvalue weighted by atomic mass is 16.5. The third-order valence-electron chi connectivity index (χ3n) is 1.75. The van der Waals surface area contributed by atoms with Crippen molar-refractivity contribution in [1.82, 2.24) is 0 Å². The Bertz CT molecular complexity index is 417. The lowest BCUT2D eigenvalue weighted by molar-refractivity contribution is -0.152. The summed E-state index contributed by atoms with van der Waals surface area (Å²) in [5, 5.41) is 11.4. The molecule has 16 heavy (non-hydrogen) atoms. The number of nitrogen functional groups attached to an aromatic ring is 1. The number of esters is 1. The number of ether oxygens (including phenoxy) is 1. The second kappa shape index (κ2) is 5.01. The van der Waals surface area contributed by atoms with E-state index >= 15 is 0 Å². The molecule has 0 radical (unpaired) electrons. The summed E-state index contributed by atoms with van der Waals surface area (Å²) in [6, 6.07) is 4.07. The van der Waals surface area contributed by atoms with Gasteiger partial charge in [0.2, 0.25) is 0 Å². The molecule has 0 unspecified atom stereocenters. The average Bonchev–Trinajstić information content (AvgIpc) is 2.24. The fourth-order valence-corrected chi connectivity index (χ4v) is 1.01. The zero-order chi connectivity index (χ0) is 12.1. The second-order valence-electron chi connectivity index (χ2n) is 2.95. The van der Waals surface area contributed by atoms with Crippen molar-refractivity contribution >= 4 is 23.3 Å². The Morgan fingerprint density at radius 2 is 2.19 bits per heavy atom. The third-order valence-corrected chi connectivity index (χ3v) is 1.75. The summed E-state index contributed by atoms with van der Waals surface area (Å²) in [5.41, 5.74) is 5.84. The number of nitrogens with two attached hydrogens (primary N) is 1. The molecule has 0 atom stereocenters. The van der Waals surface area contributed by atoms with Crippen molar-refractivity contribution < 1.29 is 19.4 Å².